The number of rotatable bonds is 3. The minimum absolute atomic E-state index is 0.0237. The minimum Gasteiger partial charge on any atom is -0.374 e. The summed E-state index contributed by atoms with van der Waals surface area (Å²) in [6.07, 6.45) is 1.61. The van der Waals surface area contributed by atoms with Gasteiger partial charge in [-0.15, -0.1) is 11.3 Å². The second kappa shape index (κ2) is 4.82. The van der Waals surface area contributed by atoms with Crippen molar-refractivity contribution < 1.29 is 4.74 Å². The van der Waals surface area contributed by atoms with Crippen LogP contribution in [0.3, 0.4) is 0 Å². The molecule has 0 aliphatic carbocycles. The standard InChI is InChI=1S/C13H18N2O2S/c1-9-7-18-11-10(9)14-8-15(12(11)16)5-6-17-13(2,3)4/h7-8H,5-6H2,1-4H3. The van der Waals surface area contributed by atoms with E-state index in [-0.39, 0.29) is 11.2 Å². The monoisotopic (exact) mass is 266 g/mol. The minimum atomic E-state index is -0.180. The van der Waals surface area contributed by atoms with Crippen molar-refractivity contribution in [3.63, 3.8) is 0 Å². The summed E-state index contributed by atoms with van der Waals surface area (Å²) in [5.41, 5.74) is 1.72. The number of aromatic nitrogens is 2. The van der Waals surface area contributed by atoms with Crippen molar-refractivity contribution in [3.8, 4) is 0 Å². The molecule has 0 aliphatic rings. The smallest absolute Gasteiger partial charge is 0.271 e. The van der Waals surface area contributed by atoms with E-state index in [9.17, 15) is 4.79 Å². The van der Waals surface area contributed by atoms with Gasteiger partial charge in [0.05, 0.1) is 30.6 Å². The summed E-state index contributed by atoms with van der Waals surface area (Å²) in [7, 11) is 0. The molecule has 2 heterocycles. The summed E-state index contributed by atoms with van der Waals surface area (Å²) in [5.74, 6) is 0. The zero-order chi connectivity index (χ0) is 13.3. The molecule has 0 saturated carbocycles. The molecule has 98 valence electrons. The van der Waals surface area contributed by atoms with E-state index in [2.05, 4.69) is 4.98 Å². The molecule has 0 aliphatic heterocycles. The lowest BCUT2D eigenvalue weighted by Crippen LogP contribution is -2.26. The van der Waals surface area contributed by atoms with Gasteiger partial charge >= 0.3 is 0 Å². The molecule has 0 atom stereocenters. The molecule has 0 saturated heterocycles. The summed E-state index contributed by atoms with van der Waals surface area (Å²) < 4.78 is 7.96. The van der Waals surface area contributed by atoms with Crippen molar-refractivity contribution in [2.75, 3.05) is 6.61 Å². The molecule has 18 heavy (non-hydrogen) atoms. The number of hydrogen-bond acceptors (Lipinski definition) is 4. The molecule has 0 bridgehead atoms. The van der Waals surface area contributed by atoms with Crippen LogP contribution in [0.4, 0.5) is 0 Å². The molecular weight excluding hydrogens is 248 g/mol. The van der Waals surface area contributed by atoms with E-state index in [4.69, 9.17) is 4.74 Å². The van der Waals surface area contributed by atoms with Crippen LogP contribution < -0.4 is 5.56 Å². The van der Waals surface area contributed by atoms with Crippen molar-refractivity contribution >= 4 is 21.6 Å². The Kier molecular flexibility index (Phi) is 3.54. The van der Waals surface area contributed by atoms with Crippen LogP contribution in [-0.2, 0) is 11.3 Å². The van der Waals surface area contributed by atoms with Crippen LogP contribution in [-0.4, -0.2) is 21.8 Å². The summed E-state index contributed by atoms with van der Waals surface area (Å²) in [5, 5.41) is 1.97. The van der Waals surface area contributed by atoms with Gasteiger partial charge in [-0.05, 0) is 38.6 Å². The Hall–Kier alpha value is -1.20. The Morgan fingerprint density at radius 2 is 2.17 bits per heavy atom. The van der Waals surface area contributed by atoms with Crippen molar-refractivity contribution in [1.82, 2.24) is 9.55 Å². The van der Waals surface area contributed by atoms with E-state index < -0.39 is 0 Å². The van der Waals surface area contributed by atoms with Gasteiger partial charge in [0.2, 0.25) is 0 Å². The maximum Gasteiger partial charge on any atom is 0.271 e. The molecule has 2 aromatic heterocycles. The molecule has 0 amide bonds. The average molecular weight is 266 g/mol. The molecule has 0 radical (unpaired) electrons. The fourth-order valence-electron chi connectivity index (χ4n) is 1.67. The van der Waals surface area contributed by atoms with Gasteiger partial charge in [0.1, 0.15) is 4.70 Å². The SMILES string of the molecule is Cc1csc2c(=O)n(CCOC(C)(C)C)cnc12. The molecule has 0 aromatic carbocycles. The Labute approximate surface area is 110 Å². The van der Waals surface area contributed by atoms with Crippen molar-refractivity contribution in [3.05, 3.63) is 27.6 Å². The van der Waals surface area contributed by atoms with Crippen LogP contribution in [0.5, 0.6) is 0 Å². The van der Waals surface area contributed by atoms with Gasteiger partial charge in [-0.2, -0.15) is 0 Å². The third-order valence-corrected chi connectivity index (χ3v) is 3.67. The third-order valence-electron chi connectivity index (χ3n) is 2.59. The Morgan fingerprint density at radius 1 is 1.44 bits per heavy atom. The van der Waals surface area contributed by atoms with Gasteiger partial charge in [-0.3, -0.25) is 9.36 Å². The fraction of sp³-hybridized carbons (Fsp3) is 0.538. The number of ether oxygens (including phenoxy) is 1. The van der Waals surface area contributed by atoms with E-state index in [1.54, 1.807) is 10.9 Å². The maximum atomic E-state index is 12.2. The van der Waals surface area contributed by atoms with Crippen LogP contribution in [0.2, 0.25) is 0 Å². The highest BCUT2D eigenvalue weighted by molar-refractivity contribution is 7.17. The van der Waals surface area contributed by atoms with Gasteiger partial charge < -0.3 is 4.74 Å². The Morgan fingerprint density at radius 3 is 2.83 bits per heavy atom. The van der Waals surface area contributed by atoms with E-state index in [0.29, 0.717) is 13.2 Å². The number of thiophene rings is 1. The lowest BCUT2D eigenvalue weighted by molar-refractivity contribution is -0.00716. The highest BCUT2D eigenvalue weighted by atomic mass is 32.1. The van der Waals surface area contributed by atoms with Crippen LogP contribution in [0.25, 0.3) is 10.2 Å². The third kappa shape index (κ3) is 2.79. The van der Waals surface area contributed by atoms with Crippen molar-refractivity contribution in [1.29, 1.82) is 0 Å². The number of fused-ring (bicyclic) bond motifs is 1. The fourth-order valence-corrected chi connectivity index (χ4v) is 2.62. The molecule has 2 rings (SSSR count). The zero-order valence-electron chi connectivity index (χ0n) is 11.2. The second-order valence-electron chi connectivity index (χ2n) is 5.30. The van der Waals surface area contributed by atoms with Gasteiger partial charge in [-0.1, -0.05) is 0 Å². The predicted molar refractivity (Wildman–Crippen MR) is 74.3 cm³/mol. The molecular formula is C13H18N2O2S. The average Bonchev–Trinajstić information content (AvgIpc) is 2.63. The first-order chi connectivity index (χ1) is 8.38. The van der Waals surface area contributed by atoms with Gasteiger partial charge in [0.15, 0.2) is 0 Å². The maximum absolute atomic E-state index is 12.2. The van der Waals surface area contributed by atoms with Gasteiger partial charge in [0, 0.05) is 0 Å². The molecule has 5 heteroatoms. The van der Waals surface area contributed by atoms with E-state index in [1.807, 2.05) is 33.1 Å². The van der Waals surface area contributed by atoms with Crippen molar-refractivity contribution in [2.24, 2.45) is 0 Å². The van der Waals surface area contributed by atoms with Crippen molar-refractivity contribution in [2.45, 2.75) is 39.8 Å². The highest BCUT2D eigenvalue weighted by Crippen LogP contribution is 2.19. The van der Waals surface area contributed by atoms with Crippen LogP contribution in [0, 0.1) is 6.92 Å². The van der Waals surface area contributed by atoms with Crippen LogP contribution in [0.15, 0.2) is 16.5 Å². The number of aryl methyl sites for hydroxylation is 1. The van der Waals surface area contributed by atoms with Crippen LogP contribution in [0.1, 0.15) is 26.3 Å². The van der Waals surface area contributed by atoms with Gasteiger partial charge in [-0.25, -0.2) is 4.98 Å². The largest absolute Gasteiger partial charge is 0.374 e. The van der Waals surface area contributed by atoms with E-state index >= 15 is 0 Å². The topological polar surface area (TPSA) is 44.1 Å². The van der Waals surface area contributed by atoms with Crippen LogP contribution >= 0.6 is 11.3 Å². The molecule has 0 fully saturated rings. The second-order valence-corrected chi connectivity index (χ2v) is 6.18. The summed E-state index contributed by atoms with van der Waals surface area (Å²) in [4.78, 5) is 16.5. The Balaban J connectivity index is 2.20. The Bertz CT molecular complexity index is 607. The quantitative estimate of drug-likeness (QED) is 0.857. The normalized spacial score (nSPS) is 12.2. The molecule has 2 aromatic rings. The predicted octanol–water partition coefficient (Wildman–Crippen LogP) is 2.58. The lowest BCUT2D eigenvalue weighted by Gasteiger charge is -2.19. The summed E-state index contributed by atoms with van der Waals surface area (Å²) in [6, 6.07) is 0. The van der Waals surface area contributed by atoms with Gasteiger partial charge in [0.25, 0.3) is 5.56 Å². The van der Waals surface area contributed by atoms with E-state index in [0.717, 1.165) is 15.8 Å². The number of nitrogens with zero attached hydrogens (tertiary/aromatic N) is 2. The highest BCUT2D eigenvalue weighted by Gasteiger charge is 2.11. The zero-order valence-corrected chi connectivity index (χ0v) is 12.0. The molecule has 4 nitrogen and oxygen atoms in total. The lowest BCUT2D eigenvalue weighted by atomic mass is 10.2. The summed E-state index contributed by atoms with van der Waals surface area (Å²) >= 11 is 1.46. The first-order valence-corrected chi connectivity index (χ1v) is 6.83. The molecule has 0 unspecified atom stereocenters. The molecule has 0 N–H and O–H groups in total. The summed E-state index contributed by atoms with van der Waals surface area (Å²) in [6.45, 7) is 9.02. The first-order valence-electron chi connectivity index (χ1n) is 5.96. The molecule has 0 spiro atoms. The number of hydrogen-bond donors (Lipinski definition) is 0. The first kappa shape index (κ1) is 13.2. The van der Waals surface area contributed by atoms with E-state index in [1.165, 1.54) is 11.3 Å².